The summed E-state index contributed by atoms with van der Waals surface area (Å²) >= 11 is 0. The first-order valence-corrected chi connectivity index (χ1v) is 7.47. The minimum Gasteiger partial charge on any atom is -0.497 e. The fraction of sp³-hybridized carbons (Fsp3) is 0.211. The second kappa shape index (κ2) is 7.93. The first-order valence-electron chi connectivity index (χ1n) is 7.47. The van der Waals surface area contributed by atoms with Gasteiger partial charge in [0, 0.05) is 18.2 Å². The average molecular weight is 322 g/mol. The number of methoxy groups -OCH3 is 1. The number of carbonyl (C=O) groups excluding carboxylic acids is 2. The second-order valence-electron chi connectivity index (χ2n) is 5.35. The molecule has 1 N–H and O–H groups in total. The molecule has 0 heterocycles. The molecule has 0 fully saturated rings. The van der Waals surface area contributed by atoms with Crippen molar-refractivity contribution in [1.29, 1.82) is 5.26 Å². The molecular weight excluding hydrogens is 304 g/mol. The van der Waals surface area contributed by atoms with Gasteiger partial charge in [0.05, 0.1) is 13.2 Å². The molecule has 24 heavy (non-hydrogen) atoms. The summed E-state index contributed by atoms with van der Waals surface area (Å²) in [6.45, 7) is 1.89. The fourth-order valence-corrected chi connectivity index (χ4v) is 2.29. The summed E-state index contributed by atoms with van der Waals surface area (Å²) in [5.74, 6) is -1.83. The predicted octanol–water partition coefficient (Wildman–Crippen LogP) is 2.89. The lowest BCUT2D eigenvalue weighted by Gasteiger charge is -2.11. The number of amides is 1. The molecule has 0 aromatic heterocycles. The highest BCUT2D eigenvalue weighted by Gasteiger charge is 2.26. The molecule has 0 spiro atoms. The van der Waals surface area contributed by atoms with Gasteiger partial charge >= 0.3 is 0 Å². The van der Waals surface area contributed by atoms with E-state index in [1.54, 1.807) is 30.3 Å². The van der Waals surface area contributed by atoms with E-state index in [-0.39, 0.29) is 6.42 Å². The van der Waals surface area contributed by atoms with Crippen LogP contribution in [0.1, 0.15) is 11.1 Å². The molecule has 0 aliphatic rings. The zero-order valence-corrected chi connectivity index (χ0v) is 13.6. The molecule has 2 rings (SSSR count). The molecule has 122 valence electrons. The van der Waals surface area contributed by atoms with Gasteiger partial charge in [0.1, 0.15) is 5.75 Å². The van der Waals surface area contributed by atoms with Gasteiger partial charge in [-0.15, -0.1) is 0 Å². The third-order valence-corrected chi connectivity index (χ3v) is 3.68. The van der Waals surface area contributed by atoms with Crippen molar-refractivity contribution >= 4 is 17.4 Å². The van der Waals surface area contributed by atoms with Gasteiger partial charge in [0.15, 0.2) is 11.7 Å². The number of ether oxygens (including phenoxy) is 1. The Labute approximate surface area is 140 Å². The molecule has 1 atom stereocenters. The number of carbonyl (C=O) groups is 2. The number of nitriles is 1. The van der Waals surface area contributed by atoms with Crippen molar-refractivity contribution in [2.24, 2.45) is 5.92 Å². The Morgan fingerprint density at radius 1 is 1.21 bits per heavy atom. The van der Waals surface area contributed by atoms with Gasteiger partial charge in [-0.2, -0.15) is 5.26 Å². The number of hydrogen-bond acceptors (Lipinski definition) is 4. The van der Waals surface area contributed by atoms with E-state index in [1.165, 1.54) is 7.11 Å². The maximum Gasteiger partial charge on any atom is 0.249 e. The number of ketones is 1. The molecule has 5 heteroatoms. The summed E-state index contributed by atoms with van der Waals surface area (Å²) < 4.78 is 5.08. The summed E-state index contributed by atoms with van der Waals surface area (Å²) in [6.07, 6.45) is 0.0520. The summed E-state index contributed by atoms with van der Waals surface area (Å²) in [7, 11) is 1.52. The second-order valence-corrected chi connectivity index (χ2v) is 5.35. The van der Waals surface area contributed by atoms with Crippen LogP contribution in [0.4, 0.5) is 5.69 Å². The standard InChI is InChI=1S/C19H18N2O3/c1-13-6-3-4-7-14(13)10-18(22)17(12-20)19(23)21-15-8-5-9-16(11-15)24-2/h3-9,11,17H,10H2,1-2H3,(H,21,23)/t17-/m0/s1. The maximum atomic E-state index is 12.3. The van der Waals surface area contributed by atoms with Crippen molar-refractivity contribution < 1.29 is 14.3 Å². The van der Waals surface area contributed by atoms with E-state index in [1.807, 2.05) is 31.2 Å². The van der Waals surface area contributed by atoms with Gasteiger partial charge in [-0.3, -0.25) is 9.59 Å². The highest BCUT2D eigenvalue weighted by molar-refractivity contribution is 6.10. The minimum atomic E-state index is -1.35. The van der Waals surface area contributed by atoms with Crippen LogP contribution < -0.4 is 10.1 Å². The molecule has 1 amide bonds. The number of aryl methyl sites for hydroxylation is 1. The third kappa shape index (κ3) is 4.20. The van der Waals surface area contributed by atoms with E-state index in [0.717, 1.165) is 11.1 Å². The largest absolute Gasteiger partial charge is 0.497 e. The van der Waals surface area contributed by atoms with E-state index >= 15 is 0 Å². The molecule has 0 saturated heterocycles. The monoisotopic (exact) mass is 322 g/mol. The first kappa shape index (κ1) is 17.2. The van der Waals surface area contributed by atoms with Crippen molar-refractivity contribution in [3.63, 3.8) is 0 Å². The van der Waals surface area contributed by atoms with Gasteiger partial charge in [-0.1, -0.05) is 30.3 Å². The topological polar surface area (TPSA) is 79.2 Å². The molecule has 2 aromatic carbocycles. The SMILES string of the molecule is COc1cccc(NC(=O)[C@@H](C#N)C(=O)Cc2ccccc2C)c1. The lowest BCUT2D eigenvalue weighted by atomic mass is 9.96. The van der Waals surface area contributed by atoms with Gasteiger partial charge in [0.25, 0.3) is 0 Å². The van der Waals surface area contributed by atoms with Crippen LogP contribution in [0.5, 0.6) is 5.75 Å². The molecule has 0 saturated carbocycles. The van der Waals surface area contributed by atoms with Crippen LogP contribution in [0.2, 0.25) is 0 Å². The summed E-state index contributed by atoms with van der Waals surface area (Å²) in [5, 5.41) is 11.8. The Kier molecular flexibility index (Phi) is 5.69. The fourth-order valence-electron chi connectivity index (χ4n) is 2.29. The van der Waals surface area contributed by atoms with Crippen molar-refractivity contribution in [2.75, 3.05) is 12.4 Å². The molecular formula is C19H18N2O3. The van der Waals surface area contributed by atoms with Crippen molar-refractivity contribution in [3.8, 4) is 11.8 Å². The van der Waals surface area contributed by atoms with Crippen molar-refractivity contribution in [2.45, 2.75) is 13.3 Å². The number of nitrogens with zero attached hydrogens (tertiary/aromatic N) is 1. The lowest BCUT2D eigenvalue weighted by Crippen LogP contribution is -2.29. The lowest BCUT2D eigenvalue weighted by molar-refractivity contribution is -0.128. The summed E-state index contributed by atoms with van der Waals surface area (Å²) in [6, 6.07) is 16.0. The Morgan fingerprint density at radius 3 is 2.62 bits per heavy atom. The molecule has 0 aliphatic carbocycles. The Hall–Kier alpha value is -3.13. The molecule has 5 nitrogen and oxygen atoms in total. The molecule has 0 unspecified atom stereocenters. The summed E-state index contributed by atoms with van der Waals surface area (Å²) in [5.41, 5.74) is 2.25. The van der Waals surface area contributed by atoms with E-state index in [2.05, 4.69) is 5.32 Å². The van der Waals surface area contributed by atoms with E-state index in [0.29, 0.717) is 11.4 Å². The first-order chi connectivity index (χ1) is 11.5. The highest BCUT2D eigenvalue weighted by atomic mass is 16.5. The van der Waals surface area contributed by atoms with Crippen molar-refractivity contribution in [1.82, 2.24) is 0 Å². The Morgan fingerprint density at radius 2 is 1.96 bits per heavy atom. The molecule has 2 aromatic rings. The quantitative estimate of drug-likeness (QED) is 0.829. The van der Waals surface area contributed by atoms with E-state index < -0.39 is 17.6 Å². The number of Topliss-reactive ketones (excluding diaryl/α,β-unsaturated/α-hetero) is 1. The van der Waals surface area contributed by atoms with Gasteiger partial charge in [0.2, 0.25) is 5.91 Å². The molecule has 0 bridgehead atoms. The number of anilines is 1. The van der Waals surface area contributed by atoms with Gasteiger partial charge in [-0.25, -0.2) is 0 Å². The van der Waals surface area contributed by atoms with Crippen LogP contribution in [-0.4, -0.2) is 18.8 Å². The number of nitrogens with one attached hydrogen (secondary N) is 1. The average Bonchev–Trinajstić information content (AvgIpc) is 2.57. The number of benzene rings is 2. The smallest absolute Gasteiger partial charge is 0.249 e. The van der Waals surface area contributed by atoms with Gasteiger partial charge < -0.3 is 10.1 Å². The summed E-state index contributed by atoms with van der Waals surface area (Å²) in [4.78, 5) is 24.6. The molecule has 0 aliphatic heterocycles. The van der Waals surface area contributed by atoms with Crippen LogP contribution in [0.3, 0.4) is 0 Å². The maximum absolute atomic E-state index is 12.3. The van der Waals surface area contributed by atoms with Crippen molar-refractivity contribution in [3.05, 3.63) is 59.7 Å². The Balaban J connectivity index is 2.09. The van der Waals surface area contributed by atoms with Crippen LogP contribution in [0, 0.1) is 24.2 Å². The highest BCUT2D eigenvalue weighted by Crippen LogP contribution is 2.18. The third-order valence-electron chi connectivity index (χ3n) is 3.68. The van der Waals surface area contributed by atoms with E-state index in [4.69, 9.17) is 4.74 Å². The van der Waals surface area contributed by atoms with Gasteiger partial charge in [-0.05, 0) is 30.2 Å². The van der Waals surface area contributed by atoms with Crippen LogP contribution in [-0.2, 0) is 16.0 Å². The van der Waals surface area contributed by atoms with E-state index in [9.17, 15) is 14.9 Å². The predicted molar refractivity (Wildman–Crippen MR) is 90.6 cm³/mol. The normalized spacial score (nSPS) is 11.2. The zero-order chi connectivity index (χ0) is 17.5. The zero-order valence-electron chi connectivity index (χ0n) is 13.6. The van der Waals surface area contributed by atoms with Crippen LogP contribution in [0.15, 0.2) is 48.5 Å². The van der Waals surface area contributed by atoms with Crippen LogP contribution >= 0.6 is 0 Å². The van der Waals surface area contributed by atoms with Crippen LogP contribution in [0.25, 0.3) is 0 Å². The number of rotatable bonds is 6. The minimum absolute atomic E-state index is 0.0520. The Bertz CT molecular complexity index is 793. The molecule has 0 radical (unpaired) electrons. The number of hydrogen-bond donors (Lipinski definition) is 1.